The number of rotatable bonds is 2. The molecule has 1 heterocycles. The van der Waals surface area contributed by atoms with Gasteiger partial charge in [-0.15, -0.1) is 0 Å². The lowest BCUT2D eigenvalue weighted by Crippen LogP contribution is -2.11. The third-order valence-electron chi connectivity index (χ3n) is 2.02. The summed E-state index contributed by atoms with van der Waals surface area (Å²) in [6.07, 6.45) is -1.68. The van der Waals surface area contributed by atoms with Crippen molar-refractivity contribution >= 4 is 17.1 Å². The fourth-order valence-corrected chi connectivity index (χ4v) is 1.36. The minimum absolute atomic E-state index is 0.103. The van der Waals surface area contributed by atoms with E-state index in [4.69, 9.17) is 9.52 Å². The normalized spacial score (nSPS) is 12.9. The van der Waals surface area contributed by atoms with Crippen molar-refractivity contribution in [1.82, 2.24) is 4.98 Å². The highest BCUT2D eigenvalue weighted by atomic mass is 16.4. The van der Waals surface area contributed by atoms with Gasteiger partial charge >= 0.3 is 11.7 Å². The first-order valence-corrected chi connectivity index (χ1v) is 4.12. The van der Waals surface area contributed by atoms with Gasteiger partial charge in [-0.3, -0.25) is 4.98 Å². The van der Waals surface area contributed by atoms with E-state index in [2.05, 4.69) is 4.98 Å². The molecule has 78 valence electrons. The summed E-state index contributed by atoms with van der Waals surface area (Å²) in [5.41, 5.74) is 0.529. The van der Waals surface area contributed by atoms with Crippen molar-refractivity contribution in [1.29, 1.82) is 0 Å². The standard InChI is InChI=1S/C9H7NO5/c11-7(8(12)13)4-2-1-3-5-6(4)10-9(14)15-5/h1-3,7,11H,(H,10,14)(H,12,13). The SMILES string of the molecule is O=C(O)C(O)c1cccc2oc(=O)[nH]c12. The Balaban J connectivity index is 2.70. The van der Waals surface area contributed by atoms with Crippen molar-refractivity contribution in [3.63, 3.8) is 0 Å². The van der Waals surface area contributed by atoms with Crippen molar-refractivity contribution in [3.8, 4) is 0 Å². The van der Waals surface area contributed by atoms with Crippen LogP contribution in [0, 0.1) is 0 Å². The van der Waals surface area contributed by atoms with Gasteiger partial charge in [0.2, 0.25) is 0 Å². The van der Waals surface area contributed by atoms with Crippen LogP contribution in [0.15, 0.2) is 27.4 Å². The number of carboxylic acid groups (broad SMARTS) is 1. The quantitative estimate of drug-likeness (QED) is 0.657. The van der Waals surface area contributed by atoms with Gasteiger partial charge in [-0.2, -0.15) is 0 Å². The number of carboxylic acids is 1. The highest BCUT2D eigenvalue weighted by Gasteiger charge is 2.20. The maximum absolute atomic E-state index is 10.9. The topological polar surface area (TPSA) is 104 Å². The number of carbonyl (C=O) groups is 1. The number of hydrogen-bond donors (Lipinski definition) is 3. The Hall–Kier alpha value is -2.08. The summed E-state index contributed by atoms with van der Waals surface area (Å²) in [5.74, 6) is -2.07. The number of nitrogens with one attached hydrogen (secondary N) is 1. The molecule has 15 heavy (non-hydrogen) atoms. The van der Waals surface area contributed by atoms with E-state index in [-0.39, 0.29) is 16.7 Å². The number of aromatic nitrogens is 1. The predicted octanol–water partition coefficient (Wildman–Crippen LogP) is 0.239. The fourth-order valence-electron chi connectivity index (χ4n) is 1.36. The van der Waals surface area contributed by atoms with E-state index in [9.17, 15) is 14.7 Å². The number of benzene rings is 1. The van der Waals surface area contributed by atoms with Crippen LogP contribution in [0.5, 0.6) is 0 Å². The van der Waals surface area contributed by atoms with Gasteiger partial charge in [0.05, 0.1) is 5.52 Å². The van der Waals surface area contributed by atoms with E-state index in [1.807, 2.05) is 0 Å². The average molecular weight is 209 g/mol. The second-order valence-corrected chi connectivity index (χ2v) is 2.98. The van der Waals surface area contributed by atoms with Crippen LogP contribution < -0.4 is 5.76 Å². The molecular formula is C9H7NO5. The van der Waals surface area contributed by atoms with Crippen LogP contribution in [-0.4, -0.2) is 21.2 Å². The van der Waals surface area contributed by atoms with Crippen LogP contribution in [0.3, 0.4) is 0 Å². The number of para-hydroxylation sites is 1. The molecule has 0 fully saturated rings. The lowest BCUT2D eigenvalue weighted by atomic mass is 10.1. The number of hydrogen-bond acceptors (Lipinski definition) is 4. The van der Waals surface area contributed by atoms with Gasteiger partial charge in [0.1, 0.15) is 0 Å². The minimum Gasteiger partial charge on any atom is -0.479 e. The van der Waals surface area contributed by atoms with E-state index in [1.54, 1.807) is 0 Å². The molecule has 0 aliphatic carbocycles. The Morgan fingerprint density at radius 1 is 1.47 bits per heavy atom. The zero-order chi connectivity index (χ0) is 11.0. The molecule has 0 aliphatic rings. The Bertz CT molecular complexity index is 567. The molecule has 0 saturated carbocycles. The largest absolute Gasteiger partial charge is 0.479 e. The van der Waals surface area contributed by atoms with Gasteiger partial charge in [-0.25, -0.2) is 9.59 Å². The van der Waals surface area contributed by atoms with Crippen LogP contribution in [0.1, 0.15) is 11.7 Å². The third kappa shape index (κ3) is 1.50. The number of aliphatic hydroxyl groups is 1. The molecule has 1 aromatic heterocycles. The molecule has 1 unspecified atom stereocenters. The molecule has 2 rings (SSSR count). The number of aliphatic hydroxyl groups excluding tert-OH is 1. The van der Waals surface area contributed by atoms with Crippen LogP contribution >= 0.6 is 0 Å². The fraction of sp³-hybridized carbons (Fsp3) is 0.111. The molecule has 2 aromatic rings. The third-order valence-corrected chi connectivity index (χ3v) is 2.02. The first-order valence-electron chi connectivity index (χ1n) is 4.12. The zero-order valence-electron chi connectivity index (χ0n) is 7.43. The van der Waals surface area contributed by atoms with Crippen molar-refractivity contribution in [2.45, 2.75) is 6.10 Å². The van der Waals surface area contributed by atoms with Crippen molar-refractivity contribution in [2.75, 3.05) is 0 Å². The molecular weight excluding hydrogens is 202 g/mol. The van der Waals surface area contributed by atoms with Crippen molar-refractivity contribution in [3.05, 3.63) is 34.3 Å². The molecule has 3 N–H and O–H groups in total. The Labute approximate surface area is 82.8 Å². The predicted molar refractivity (Wildman–Crippen MR) is 49.4 cm³/mol. The molecule has 6 nitrogen and oxygen atoms in total. The molecule has 0 saturated heterocycles. The van der Waals surface area contributed by atoms with Gasteiger partial charge in [0.25, 0.3) is 0 Å². The van der Waals surface area contributed by atoms with Crippen LogP contribution in [0.2, 0.25) is 0 Å². The molecule has 0 bridgehead atoms. The molecule has 0 aliphatic heterocycles. The van der Waals surface area contributed by atoms with E-state index in [1.165, 1.54) is 18.2 Å². The second kappa shape index (κ2) is 3.25. The van der Waals surface area contributed by atoms with Gasteiger partial charge in [0, 0.05) is 5.56 Å². The monoisotopic (exact) mass is 209 g/mol. The summed E-state index contributed by atoms with van der Waals surface area (Å²) in [4.78, 5) is 23.8. The molecule has 0 spiro atoms. The van der Waals surface area contributed by atoms with Crippen molar-refractivity contribution in [2.24, 2.45) is 0 Å². The summed E-state index contributed by atoms with van der Waals surface area (Å²) in [6, 6.07) is 4.42. The molecule has 0 radical (unpaired) electrons. The van der Waals surface area contributed by atoms with Gasteiger partial charge in [-0.1, -0.05) is 12.1 Å². The molecule has 6 heteroatoms. The lowest BCUT2D eigenvalue weighted by molar-refractivity contribution is -0.146. The average Bonchev–Trinajstić information content (AvgIpc) is 2.56. The number of aromatic amines is 1. The van der Waals surface area contributed by atoms with Crippen LogP contribution in [0.4, 0.5) is 0 Å². The zero-order valence-corrected chi connectivity index (χ0v) is 7.43. The van der Waals surface area contributed by atoms with Crippen LogP contribution in [-0.2, 0) is 4.79 Å². The molecule has 1 atom stereocenters. The minimum atomic E-state index is -1.68. The number of H-pyrrole nitrogens is 1. The van der Waals surface area contributed by atoms with Crippen molar-refractivity contribution < 1.29 is 19.4 Å². The molecule has 0 amide bonds. The lowest BCUT2D eigenvalue weighted by Gasteiger charge is -2.05. The van der Waals surface area contributed by atoms with Gasteiger partial charge in [-0.05, 0) is 6.07 Å². The Morgan fingerprint density at radius 3 is 2.87 bits per heavy atom. The summed E-state index contributed by atoms with van der Waals surface area (Å²) < 4.78 is 4.72. The first kappa shape index (κ1) is 9.47. The summed E-state index contributed by atoms with van der Waals surface area (Å²) in [5, 5.41) is 18.0. The number of aliphatic carboxylic acids is 1. The van der Waals surface area contributed by atoms with E-state index < -0.39 is 17.8 Å². The maximum atomic E-state index is 10.9. The Kier molecular flexibility index (Phi) is 2.05. The molecule has 1 aromatic carbocycles. The summed E-state index contributed by atoms with van der Waals surface area (Å²) in [7, 11) is 0. The van der Waals surface area contributed by atoms with Gasteiger partial charge in [0.15, 0.2) is 11.7 Å². The van der Waals surface area contributed by atoms with E-state index >= 15 is 0 Å². The second-order valence-electron chi connectivity index (χ2n) is 2.98. The maximum Gasteiger partial charge on any atom is 0.417 e. The number of fused-ring (bicyclic) bond motifs is 1. The highest BCUT2D eigenvalue weighted by Crippen LogP contribution is 2.21. The Morgan fingerprint density at radius 2 is 2.20 bits per heavy atom. The smallest absolute Gasteiger partial charge is 0.417 e. The summed E-state index contributed by atoms with van der Waals surface area (Å²) >= 11 is 0. The van der Waals surface area contributed by atoms with E-state index in [0.29, 0.717) is 0 Å². The number of oxazole rings is 1. The first-order chi connectivity index (χ1) is 7.09. The van der Waals surface area contributed by atoms with E-state index in [0.717, 1.165) is 0 Å². The summed E-state index contributed by atoms with van der Waals surface area (Å²) in [6.45, 7) is 0. The van der Waals surface area contributed by atoms with Gasteiger partial charge < -0.3 is 14.6 Å². The van der Waals surface area contributed by atoms with Crippen LogP contribution in [0.25, 0.3) is 11.1 Å². The highest BCUT2D eigenvalue weighted by molar-refractivity contribution is 5.83.